The molecule has 0 radical (unpaired) electrons. The monoisotopic (exact) mass is 717 g/mol. The number of oxime groups is 1. The van der Waals surface area contributed by atoms with Crippen molar-refractivity contribution in [3.8, 4) is 11.5 Å². The van der Waals surface area contributed by atoms with E-state index in [1.807, 2.05) is 0 Å². The van der Waals surface area contributed by atoms with Gasteiger partial charge in [-0.1, -0.05) is 5.16 Å². The van der Waals surface area contributed by atoms with Crippen LogP contribution < -0.4 is 21.8 Å². The number of carboxylic acids is 2. The number of amides is 3. The number of carbonyl (C=O) groups excluding carboxylic acids is 3. The number of H-pyrrole nitrogens is 1. The summed E-state index contributed by atoms with van der Waals surface area (Å²) in [6.07, 6.45) is -0.362. The van der Waals surface area contributed by atoms with E-state index in [-0.39, 0.29) is 33.1 Å². The van der Waals surface area contributed by atoms with Crippen molar-refractivity contribution in [1.82, 2.24) is 25.5 Å². The summed E-state index contributed by atoms with van der Waals surface area (Å²) in [4.78, 5) is 89.5. The number of rotatable bonds is 11. The average Bonchev–Trinajstić information content (AvgIpc) is 3.48. The Morgan fingerprint density at radius 2 is 1.88 bits per heavy atom. The van der Waals surface area contributed by atoms with Crippen LogP contribution >= 0.6 is 23.1 Å². The molecule has 2 aromatic heterocycles. The van der Waals surface area contributed by atoms with E-state index in [2.05, 4.69) is 25.8 Å². The zero-order chi connectivity index (χ0) is 35.9. The number of thiazole rings is 1. The first kappa shape index (κ1) is 34.7. The number of thioether (sulfide) groups is 1. The molecule has 3 amide bonds. The Kier molecular flexibility index (Phi) is 9.26. The van der Waals surface area contributed by atoms with Crippen LogP contribution in [0.4, 0.5) is 5.13 Å². The number of carbonyl (C=O) groups is 5. The van der Waals surface area contributed by atoms with Gasteiger partial charge in [0, 0.05) is 36.1 Å². The average molecular weight is 718 g/mol. The highest BCUT2D eigenvalue weighted by Crippen LogP contribution is 2.41. The van der Waals surface area contributed by atoms with Gasteiger partial charge in [0.25, 0.3) is 17.7 Å². The molecule has 9 N–H and O–H groups in total. The Balaban J connectivity index is 1.38. The second-order valence-electron chi connectivity index (χ2n) is 11.0. The Hall–Kier alpha value is -5.67. The van der Waals surface area contributed by atoms with E-state index >= 15 is 0 Å². The maximum atomic E-state index is 13.3. The van der Waals surface area contributed by atoms with Crippen molar-refractivity contribution < 1.29 is 54.0 Å². The van der Waals surface area contributed by atoms with Crippen molar-refractivity contribution in [2.75, 3.05) is 18.6 Å². The zero-order valence-corrected chi connectivity index (χ0v) is 27.2. The molecule has 1 fully saturated rings. The number of nitrogens with two attached hydrogens (primary N) is 1. The molecule has 21 heteroatoms. The first-order valence-corrected chi connectivity index (χ1v) is 15.8. The fourth-order valence-electron chi connectivity index (χ4n) is 4.75. The number of phenols is 2. The number of nitrogen functional groups attached to an aromatic ring is 1. The van der Waals surface area contributed by atoms with E-state index in [1.54, 1.807) is 0 Å². The van der Waals surface area contributed by atoms with Crippen molar-refractivity contribution >= 4 is 74.5 Å². The Bertz CT molecular complexity index is 2040. The number of nitrogens with one attached hydrogen (secondary N) is 3. The lowest BCUT2D eigenvalue weighted by molar-refractivity contribution is -0.161. The maximum absolute atomic E-state index is 13.3. The summed E-state index contributed by atoms with van der Waals surface area (Å²) in [6.45, 7) is 2.39. The van der Waals surface area contributed by atoms with Gasteiger partial charge in [0.05, 0.1) is 10.9 Å². The normalized spacial score (nSPS) is 18.4. The van der Waals surface area contributed by atoms with Crippen LogP contribution in [0.1, 0.15) is 29.9 Å². The van der Waals surface area contributed by atoms with Gasteiger partial charge in [0.1, 0.15) is 28.4 Å². The summed E-state index contributed by atoms with van der Waals surface area (Å²) in [7, 11) is 1.17. The molecule has 19 nitrogen and oxygen atoms in total. The highest BCUT2D eigenvalue weighted by Gasteiger charge is 2.55. The van der Waals surface area contributed by atoms with Gasteiger partial charge in [-0.3, -0.25) is 24.1 Å². The molecule has 258 valence electrons. The summed E-state index contributed by atoms with van der Waals surface area (Å²) in [6, 6.07) is 0.818. The number of hydrogen-bond acceptors (Lipinski definition) is 15. The quantitative estimate of drug-likeness (QED) is 0.0415. The summed E-state index contributed by atoms with van der Waals surface area (Å²) in [5, 5.41) is 48.0. The lowest BCUT2D eigenvalue weighted by atomic mass is 10.0. The van der Waals surface area contributed by atoms with Crippen molar-refractivity contribution in [2.45, 2.75) is 37.1 Å². The fraction of sp³-hybridized carbons (Fsp3) is 0.286. The third kappa shape index (κ3) is 6.45. The molecule has 1 aromatic carbocycles. The van der Waals surface area contributed by atoms with Crippen molar-refractivity contribution in [3.05, 3.63) is 56.5 Å². The molecule has 0 bridgehead atoms. The topological polar surface area (TPSA) is 296 Å². The Labute approximate surface area is 282 Å². The fourth-order valence-corrected chi connectivity index (χ4v) is 6.67. The minimum atomic E-state index is -1.84. The number of aromatic hydroxyl groups is 2. The van der Waals surface area contributed by atoms with Gasteiger partial charge in [0.15, 0.2) is 28.6 Å². The number of aromatic nitrogens is 2. The van der Waals surface area contributed by atoms with Crippen LogP contribution in [0.2, 0.25) is 0 Å². The smallest absolute Gasteiger partial charge is 0.352 e. The lowest BCUT2D eigenvalue weighted by Crippen LogP contribution is -2.71. The molecule has 1 saturated heterocycles. The van der Waals surface area contributed by atoms with E-state index in [0.29, 0.717) is 0 Å². The zero-order valence-electron chi connectivity index (χ0n) is 25.5. The predicted molar refractivity (Wildman–Crippen MR) is 172 cm³/mol. The number of aliphatic carboxylic acids is 2. The number of carboxylic acid groups (broad SMARTS) is 2. The third-order valence-corrected chi connectivity index (χ3v) is 9.36. The molecule has 3 aromatic rings. The molecule has 0 spiro atoms. The molecule has 2 aliphatic heterocycles. The molecule has 3 atom stereocenters. The summed E-state index contributed by atoms with van der Waals surface area (Å²) in [5.74, 6) is -6.90. The van der Waals surface area contributed by atoms with Gasteiger partial charge in [-0.25, -0.2) is 14.6 Å². The van der Waals surface area contributed by atoms with Gasteiger partial charge in [-0.05, 0) is 19.9 Å². The number of phenolic OH excluding ortho intramolecular Hbond substituents is 2. The Morgan fingerprint density at radius 1 is 1.18 bits per heavy atom. The third-order valence-electron chi connectivity index (χ3n) is 7.38. The number of methoxy groups -OCH3 is 1. The predicted octanol–water partition coefficient (Wildman–Crippen LogP) is -0.297. The summed E-state index contributed by atoms with van der Waals surface area (Å²) < 4.78 is 5.37. The molecule has 0 saturated carbocycles. The highest BCUT2D eigenvalue weighted by atomic mass is 32.2. The molecule has 49 heavy (non-hydrogen) atoms. The van der Waals surface area contributed by atoms with Crippen molar-refractivity contribution in [3.63, 3.8) is 0 Å². The van der Waals surface area contributed by atoms with Gasteiger partial charge in [-0.2, -0.15) is 0 Å². The first-order valence-electron chi connectivity index (χ1n) is 13.9. The first-order chi connectivity index (χ1) is 23.0. The number of pyridine rings is 1. The van der Waals surface area contributed by atoms with E-state index in [0.717, 1.165) is 46.3 Å². The van der Waals surface area contributed by atoms with E-state index in [4.69, 9.17) is 15.3 Å². The highest BCUT2D eigenvalue weighted by molar-refractivity contribution is 8.00. The number of β-lactam (4-membered cyclic amide) rings is 1. The van der Waals surface area contributed by atoms with Crippen molar-refractivity contribution in [2.24, 2.45) is 5.16 Å². The maximum Gasteiger partial charge on any atom is 0.352 e. The second kappa shape index (κ2) is 13.1. The van der Waals surface area contributed by atoms with Gasteiger partial charge in [0.2, 0.25) is 11.0 Å². The van der Waals surface area contributed by atoms with E-state index in [9.17, 15) is 49.2 Å². The SMILES string of the molecule is COC(NC(=O)c1c[nH]c2cc(O)c(O)cc2c1=O)C1=C(C(=O)O)N2C(=O)C(NC(=O)/C(=N\OC(C)(C)C(=O)O)c3csc(N)n3)[C@@H]2SC1. The number of fused-ring (bicyclic) bond motifs is 2. The number of hydrogen-bond donors (Lipinski definition) is 8. The molecular weight excluding hydrogens is 690 g/mol. The number of ether oxygens (including phenoxy) is 1. The molecule has 2 aliphatic rings. The minimum absolute atomic E-state index is 0.0352. The number of nitrogens with zero attached hydrogens (tertiary/aromatic N) is 3. The van der Waals surface area contributed by atoms with Crippen LogP contribution in [0.15, 0.2) is 44.9 Å². The van der Waals surface area contributed by atoms with Crippen LogP contribution in [0.3, 0.4) is 0 Å². The summed E-state index contributed by atoms with van der Waals surface area (Å²) >= 11 is 2.00. The van der Waals surface area contributed by atoms with E-state index in [1.165, 1.54) is 26.3 Å². The lowest BCUT2D eigenvalue weighted by Gasteiger charge is -2.50. The molecule has 5 rings (SSSR count). The van der Waals surface area contributed by atoms with Crippen LogP contribution in [0.5, 0.6) is 11.5 Å². The minimum Gasteiger partial charge on any atom is -0.504 e. The Morgan fingerprint density at radius 3 is 2.49 bits per heavy atom. The summed E-state index contributed by atoms with van der Waals surface area (Å²) in [5.41, 5.74) is 1.65. The second-order valence-corrected chi connectivity index (χ2v) is 13.0. The number of anilines is 1. The van der Waals surface area contributed by atoms with Gasteiger partial charge in [-0.15, -0.1) is 23.1 Å². The van der Waals surface area contributed by atoms with Crippen LogP contribution in [0, 0.1) is 0 Å². The standard InChI is InChI=1S/C28H27N7O12S2/c1-28(2,26(44)45)47-34-16(13-8-49-27(29)31-13)21(40)32-17-23(41)35-18(25(42)43)11(7-48-24(17)35)22(46-3)33-20(39)10-6-30-12-5-15(37)14(36)4-9(12)19(10)38/h4-6,8,17,22,24,36-37H,7H2,1-3H3,(H2,29,31)(H,30,38)(H,32,40)(H,33,39)(H,42,43)(H,44,45)/b34-16-/t17?,22?,24-/m0/s1. The molecule has 0 aliphatic carbocycles. The van der Waals surface area contributed by atoms with Gasteiger partial charge < -0.3 is 51.4 Å². The molecule has 2 unspecified atom stereocenters. The number of benzene rings is 1. The van der Waals surface area contributed by atoms with Crippen LogP contribution in [0.25, 0.3) is 10.9 Å². The van der Waals surface area contributed by atoms with Crippen LogP contribution in [-0.4, -0.2) is 107 Å². The van der Waals surface area contributed by atoms with E-state index < -0.39 is 86.8 Å². The van der Waals surface area contributed by atoms with Crippen molar-refractivity contribution in [1.29, 1.82) is 0 Å². The van der Waals surface area contributed by atoms with Crippen LogP contribution in [-0.2, 0) is 28.8 Å². The molecule has 4 heterocycles. The molecular formula is C28H27N7O12S2. The number of aromatic amines is 1. The van der Waals surface area contributed by atoms with Gasteiger partial charge >= 0.3 is 11.9 Å². The largest absolute Gasteiger partial charge is 0.504 e.